The van der Waals surface area contributed by atoms with Crippen LogP contribution in [0, 0.1) is 11.3 Å². The van der Waals surface area contributed by atoms with Gasteiger partial charge in [-0.15, -0.1) is 0 Å². The van der Waals surface area contributed by atoms with Crippen molar-refractivity contribution in [2.75, 3.05) is 65.4 Å². The fourth-order valence-corrected chi connectivity index (χ4v) is 4.96. The molecule has 0 aromatic heterocycles. The molecule has 0 aromatic rings. The monoisotopic (exact) mass is 349 g/mol. The second-order valence-corrected chi connectivity index (χ2v) is 8.24. The Morgan fingerprint density at radius 2 is 1.72 bits per heavy atom. The maximum atomic E-state index is 12.8. The van der Waals surface area contributed by atoms with Gasteiger partial charge in [-0.3, -0.25) is 9.69 Å². The van der Waals surface area contributed by atoms with Crippen LogP contribution >= 0.6 is 0 Å². The maximum absolute atomic E-state index is 12.8. The molecule has 7 heteroatoms. The smallest absolute Gasteiger partial charge is 0.317 e. The van der Waals surface area contributed by atoms with Crippen molar-refractivity contribution in [3.05, 3.63) is 0 Å². The molecule has 0 aromatic carbocycles. The summed E-state index contributed by atoms with van der Waals surface area (Å²) in [6.45, 7) is 9.08. The molecule has 3 saturated heterocycles. The highest BCUT2D eigenvalue weighted by atomic mass is 16.2. The van der Waals surface area contributed by atoms with Crippen LogP contribution in [0.15, 0.2) is 0 Å². The minimum atomic E-state index is 0.0608. The molecule has 7 nitrogen and oxygen atoms in total. The van der Waals surface area contributed by atoms with Gasteiger partial charge in [0.05, 0.1) is 0 Å². The number of carbonyl (C=O) groups excluding carboxylic acids is 2. The minimum absolute atomic E-state index is 0.0608. The van der Waals surface area contributed by atoms with Crippen molar-refractivity contribution in [2.45, 2.75) is 25.7 Å². The lowest BCUT2D eigenvalue weighted by atomic mass is 9.57. The van der Waals surface area contributed by atoms with Gasteiger partial charge in [-0.05, 0) is 44.2 Å². The van der Waals surface area contributed by atoms with Gasteiger partial charge in [0.1, 0.15) is 0 Å². The topological polar surface area (TPSA) is 67.9 Å². The van der Waals surface area contributed by atoms with Gasteiger partial charge in [-0.1, -0.05) is 0 Å². The number of nitrogens with one attached hydrogen (secondary N) is 2. The highest BCUT2D eigenvalue weighted by Crippen LogP contribution is 2.52. The average molecular weight is 349 g/mol. The van der Waals surface area contributed by atoms with Crippen LogP contribution in [0.5, 0.6) is 0 Å². The Morgan fingerprint density at radius 3 is 2.36 bits per heavy atom. The molecule has 3 aliphatic heterocycles. The number of piperidine rings is 1. The predicted molar refractivity (Wildman–Crippen MR) is 95.3 cm³/mol. The molecule has 3 amide bonds. The summed E-state index contributed by atoms with van der Waals surface area (Å²) in [6, 6.07) is 0.0608. The van der Waals surface area contributed by atoms with E-state index in [1.165, 1.54) is 12.8 Å². The molecule has 3 heterocycles. The number of hydrogen-bond donors (Lipinski definition) is 2. The molecule has 0 atom stereocenters. The second kappa shape index (κ2) is 7.11. The largest absolute Gasteiger partial charge is 0.340 e. The van der Waals surface area contributed by atoms with Gasteiger partial charge < -0.3 is 20.4 Å². The Morgan fingerprint density at radius 1 is 1.00 bits per heavy atom. The molecule has 4 rings (SSSR count). The van der Waals surface area contributed by atoms with E-state index >= 15 is 0 Å². The molecule has 1 saturated carbocycles. The molecule has 0 radical (unpaired) electrons. The lowest BCUT2D eigenvalue weighted by molar-refractivity contribution is -0.146. The molecular formula is C18H31N5O2. The average Bonchev–Trinajstić information content (AvgIpc) is 3.03. The molecule has 2 N–H and O–H groups in total. The third-order valence-corrected chi connectivity index (χ3v) is 6.69. The van der Waals surface area contributed by atoms with Crippen molar-refractivity contribution in [3.8, 4) is 0 Å². The molecule has 4 fully saturated rings. The standard InChI is InChI=1S/C18H31N5O2/c24-16(15-13-18(14-15)1-3-19-4-2-18)22-10-7-21(8-11-22)9-12-23-6-5-20-17(23)25/h15,19H,1-14H2,(H,20,25). The van der Waals surface area contributed by atoms with Gasteiger partial charge in [0.15, 0.2) is 0 Å². The molecule has 4 aliphatic rings. The number of piperazine rings is 1. The first kappa shape index (κ1) is 17.1. The Bertz CT molecular complexity index is 504. The summed E-state index contributed by atoms with van der Waals surface area (Å²) in [4.78, 5) is 30.7. The quantitative estimate of drug-likeness (QED) is 0.746. The highest BCUT2D eigenvalue weighted by molar-refractivity contribution is 5.80. The first-order valence-corrected chi connectivity index (χ1v) is 9.90. The summed E-state index contributed by atoms with van der Waals surface area (Å²) in [6.07, 6.45) is 4.71. The highest BCUT2D eigenvalue weighted by Gasteiger charge is 2.48. The van der Waals surface area contributed by atoms with Gasteiger partial charge >= 0.3 is 6.03 Å². The van der Waals surface area contributed by atoms with Gasteiger partial charge in [0, 0.05) is 58.3 Å². The van der Waals surface area contributed by atoms with Crippen LogP contribution in [0.3, 0.4) is 0 Å². The first-order chi connectivity index (χ1) is 12.2. The zero-order valence-corrected chi connectivity index (χ0v) is 15.1. The second-order valence-electron chi connectivity index (χ2n) is 8.24. The Kier molecular flexibility index (Phi) is 4.86. The summed E-state index contributed by atoms with van der Waals surface area (Å²) in [5.41, 5.74) is 0.476. The summed E-state index contributed by atoms with van der Waals surface area (Å²) in [5.74, 6) is 0.667. The fourth-order valence-electron chi connectivity index (χ4n) is 4.96. The van der Waals surface area contributed by atoms with Crippen molar-refractivity contribution in [2.24, 2.45) is 11.3 Å². The van der Waals surface area contributed by atoms with Crippen LogP contribution in [0.1, 0.15) is 25.7 Å². The summed E-state index contributed by atoms with van der Waals surface area (Å²) < 4.78 is 0. The maximum Gasteiger partial charge on any atom is 0.317 e. The van der Waals surface area contributed by atoms with E-state index in [-0.39, 0.29) is 11.9 Å². The van der Waals surface area contributed by atoms with E-state index in [4.69, 9.17) is 0 Å². The third kappa shape index (κ3) is 3.62. The number of amides is 3. The van der Waals surface area contributed by atoms with Crippen molar-refractivity contribution in [1.82, 2.24) is 25.3 Å². The van der Waals surface area contributed by atoms with Crippen molar-refractivity contribution >= 4 is 11.9 Å². The Hall–Kier alpha value is -1.34. The van der Waals surface area contributed by atoms with Crippen LogP contribution < -0.4 is 10.6 Å². The zero-order chi connectivity index (χ0) is 17.3. The third-order valence-electron chi connectivity index (χ3n) is 6.69. The lowest BCUT2D eigenvalue weighted by Gasteiger charge is -2.51. The van der Waals surface area contributed by atoms with Gasteiger partial charge in [0.25, 0.3) is 0 Å². The first-order valence-electron chi connectivity index (χ1n) is 9.90. The summed E-state index contributed by atoms with van der Waals surface area (Å²) in [7, 11) is 0. The number of nitrogens with zero attached hydrogens (tertiary/aromatic N) is 3. The minimum Gasteiger partial charge on any atom is -0.340 e. The van der Waals surface area contributed by atoms with E-state index in [1.807, 2.05) is 4.90 Å². The summed E-state index contributed by atoms with van der Waals surface area (Å²) >= 11 is 0. The molecular weight excluding hydrogens is 318 g/mol. The Balaban J connectivity index is 1.17. The number of rotatable bonds is 4. The van der Waals surface area contributed by atoms with Gasteiger partial charge in [-0.2, -0.15) is 0 Å². The van der Waals surface area contributed by atoms with E-state index in [0.29, 0.717) is 11.3 Å². The van der Waals surface area contributed by atoms with Gasteiger partial charge in [0.2, 0.25) is 5.91 Å². The SMILES string of the molecule is O=C1NCCN1CCN1CCN(C(=O)C2CC3(CCNCC3)C2)CC1. The molecule has 0 bridgehead atoms. The molecule has 140 valence electrons. The lowest BCUT2D eigenvalue weighted by Crippen LogP contribution is -2.55. The van der Waals surface area contributed by atoms with Crippen LogP contribution in [0.25, 0.3) is 0 Å². The van der Waals surface area contributed by atoms with Crippen molar-refractivity contribution in [3.63, 3.8) is 0 Å². The number of urea groups is 1. The van der Waals surface area contributed by atoms with E-state index in [2.05, 4.69) is 20.4 Å². The van der Waals surface area contributed by atoms with Crippen LogP contribution in [0.4, 0.5) is 4.79 Å². The van der Waals surface area contributed by atoms with Crippen LogP contribution in [0.2, 0.25) is 0 Å². The van der Waals surface area contributed by atoms with Gasteiger partial charge in [-0.25, -0.2) is 4.79 Å². The molecule has 1 spiro atoms. The Labute approximate surface area is 150 Å². The van der Waals surface area contributed by atoms with Crippen LogP contribution in [-0.4, -0.2) is 92.1 Å². The summed E-state index contributed by atoms with van der Waals surface area (Å²) in [5, 5.41) is 6.27. The van der Waals surface area contributed by atoms with Crippen molar-refractivity contribution in [1.29, 1.82) is 0 Å². The van der Waals surface area contributed by atoms with Crippen molar-refractivity contribution < 1.29 is 9.59 Å². The predicted octanol–water partition coefficient (Wildman–Crippen LogP) is -0.0644. The number of carbonyl (C=O) groups is 2. The normalized spacial score (nSPS) is 27.4. The molecule has 25 heavy (non-hydrogen) atoms. The van der Waals surface area contributed by atoms with E-state index in [0.717, 1.165) is 78.3 Å². The van der Waals surface area contributed by atoms with E-state index in [9.17, 15) is 9.59 Å². The molecule has 0 unspecified atom stereocenters. The number of hydrogen-bond acceptors (Lipinski definition) is 4. The zero-order valence-electron chi connectivity index (χ0n) is 15.1. The van der Waals surface area contributed by atoms with Crippen LogP contribution in [-0.2, 0) is 4.79 Å². The van der Waals surface area contributed by atoms with E-state index in [1.54, 1.807) is 0 Å². The fraction of sp³-hybridized carbons (Fsp3) is 0.889. The van der Waals surface area contributed by atoms with E-state index < -0.39 is 0 Å². The molecule has 1 aliphatic carbocycles.